The molecule has 6 nitrogen and oxygen atoms in total. The van der Waals surface area contributed by atoms with E-state index in [1.165, 1.54) is 11.3 Å². The predicted octanol–water partition coefficient (Wildman–Crippen LogP) is 5.25. The van der Waals surface area contributed by atoms with Crippen LogP contribution in [0.2, 0.25) is 0 Å². The van der Waals surface area contributed by atoms with Crippen LogP contribution in [0.5, 0.6) is 0 Å². The summed E-state index contributed by atoms with van der Waals surface area (Å²) in [6.07, 6.45) is 1.79. The number of rotatable bonds is 7. The lowest BCUT2D eigenvalue weighted by Crippen LogP contribution is -2.27. The molecule has 0 spiro atoms. The Balaban J connectivity index is 2.01. The molecule has 1 heterocycles. The molecule has 0 atom stereocenters. The molecule has 0 unspecified atom stereocenters. The number of hydrogen-bond acceptors (Lipinski definition) is 5. The molecule has 0 fully saturated rings. The molecule has 0 bridgehead atoms. The summed E-state index contributed by atoms with van der Waals surface area (Å²) in [7, 11) is 0. The van der Waals surface area contributed by atoms with Gasteiger partial charge in [0, 0.05) is 11.1 Å². The van der Waals surface area contributed by atoms with Crippen molar-refractivity contribution in [3.05, 3.63) is 46.3 Å². The van der Waals surface area contributed by atoms with Gasteiger partial charge in [0.1, 0.15) is 0 Å². The predicted molar refractivity (Wildman–Crippen MR) is 117 cm³/mol. The smallest absolute Gasteiger partial charge is 0.338 e. The van der Waals surface area contributed by atoms with E-state index in [9.17, 15) is 14.4 Å². The Kier molecular flexibility index (Phi) is 7.56. The van der Waals surface area contributed by atoms with Crippen LogP contribution in [0.4, 0.5) is 10.7 Å². The van der Waals surface area contributed by atoms with Crippen molar-refractivity contribution in [1.82, 2.24) is 0 Å². The lowest BCUT2D eigenvalue weighted by atomic mass is 9.96. The van der Waals surface area contributed by atoms with Crippen molar-refractivity contribution in [1.29, 1.82) is 0 Å². The molecule has 2 aromatic rings. The van der Waals surface area contributed by atoms with Crippen LogP contribution in [-0.4, -0.2) is 24.4 Å². The number of carbonyl (C=O) groups is 3. The fourth-order valence-electron chi connectivity index (χ4n) is 2.34. The zero-order chi connectivity index (χ0) is 21.6. The van der Waals surface area contributed by atoms with Gasteiger partial charge in [0.2, 0.25) is 5.91 Å². The summed E-state index contributed by atoms with van der Waals surface area (Å²) in [5.74, 6) is -0.737. The highest BCUT2D eigenvalue weighted by atomic mass is 32.1. The molecule has 7 heteroatoms. The van der Waals surface area contributed by atoms with Crippen molar-refractivity contribution in [3.8, 4) is 0 Å². The Morgan fingerprint density at radius 1 is 1.07 bits per heavy atom. The highest BCUT2D eigenvalue weighted by Crippen LogP contribution is 2.29. The number of esters is 1. The summed E-state index contributed by atoms with van der Waals surface area (Å²) < 4.78 is 5.17. The van der Waals surface area contributed by atoms with Crippen LogP contribution in [0.25, 0.3) is 0 Å². The van der Waals surface area contributed by atoms with Crippen molar-refractivity contribution in [3.63, 3.8) is 0 Å². The number of benzene rings is 1. The lowest BCUT2D eigenvalue weighted by Gasteiger charge is -2.16. The molecule has 0 aliphatic carbocycles. The average molecular weight is 417 g/mol. The van der Waals surface area contributed by atoms with Gasteiger partial charge >= 0.3 is 5.97 Å². The molecule has 0 saturated heterocycles. The first-order chi connectivity index (χ1) is 13.6. The highest BCUT2D eigenvalue weighted by Gasteiger charge is 2.23. The van der Waals surface area contributed by atoms with Crippen LogP contribution < -0.4 is 10.6 Å². The molecule has 29 heavy (non-hydrogen) atoms. The van der Waals surface area contributed by atoms with Crippen LogP contribution in [0.15, 0.2) is 30.3 Å². The summed E-state index contributed by atoms with van der Waals surface area (Å²) in [5.41, 5.74) is 1.29. The van der Waals surface area contributed by atoms with Gasteiger partial charge in [-0.05, 0) is 49.2 Å². The second kappa shape index (κ2) is 9.69. The topological polar surface area (TPSA) is 84.5 Å². The minimum Gasteiger partial charge on any atom is -0.462 e. The average Bonchev–Trinajstić information content (AvgIpc) is 3.02. The van der Waals surface area contributed by atoms with Crippen LogP contribution >= 0.6 is 11.3 Å². The van der Waals surface area contributed by atoms with Crippen molar-refractivity contribution >= 4 is 39.8 Å². The number of aryl methyl sites for hydroxylation is 1. The third-order valence-electron chi connectivity index (χ3n) is 4.15. The molecular weight excluding hydrogens is 388 g/mol. The van der Waals surface area contributed by atoms with Gasteiger partial charge in [-0.1, -0.05) is 34.1 Å². The van der Waals surface area contributed by atoms with Crippen LogP contribution in [0, 0.1) is 12.3 Å². The van der Waals surface area contributed by atoms with Crippen molar-refractivity contribution in [2.24, 2.45) is 5.41 Å². The minimum atomic E-state index is -0.514. The summed E-state index contributed by atoms with van der Waals surface area (Å²) in [6, 6.07) is 8.37. The molecule has 0 radical (unpaired) electrons. The monoisotopic (exact) mass is 416 g/mol. The maximum Gasteiger partial charge on any atom is 0.338 e. The second-order valence-electron chi connectivity index (χ2n) is 7.85. The third kappa shape index (κ3) is 6.42. The summed E-state index contributed by atoms with van der Waals surface area (Å²) >= 11 is 1.23. The molecule has 2 amide bonds. The van der Waals surface area contributed by atoms with Crippen molar-refractivity contribution in [2.75, 3.05) is 17.2 Å². The maximum absolute atomic E-state index is 12.6. The van der Waals surface area contributed by atoms with E-state index < -0.39 is 5.41 Å². The van der Waals surface area contributed by atoms with Crippen LogP contribution in [0.3, 0.4) is 0 Å². The lowest BCUT2D eigenvalue weighted by molar-refractivity contribution is -0.123. The van der Waals surface area contributed by atoms with Gasteiger partial charge in [-0.15, -0.1) is 11.3 Å². The fourth-order valence-corrected chi connectivity index (χ4v) is 3.30. The first kappa shape index (κ1) is 22.6. The summed E-state index contributed by atoms with van der Waals surface area (Å²) in [5, 5.41) is 6.31. The van der Waals surface area contributed by atoms with Gasteiger partial charge in [0.15, 0.2) is 0 Å². The summed E-state index contributed by atoms with van der Waals surface area (Å²) in [4.78, 5) is 37.2. The van der Waals surface area contributed by atoms with Crippen molar-refractivity contribution < 1.29 is 19.1 Å². The molecule has 2 N–H and O–H groups in total. The first-order valence-corrected chi connectivity index (χ1v) is 10.4. The minimum absolute atomic E-state index is 0.105. The molecule has 0 saturated carbocycles. The van der Waals surface area contributed by atoms with Gasteiger partial charge < -0.3 is 15.4 Å². The number of carbonyl (C=O) groups excluding carboxylic acids is 3. The van der Waals surface area contributed by atoms with Gasteiger partial charge in [-0.25, -0.2) is 4.79 Å². The molecular formula is C22H28N2O4S. The van der Waals surface area contributed by atoms with E-state index in [0.29, 0.717) is 27.7 Å². The van der Waals surface area contributed by atoms with E-state index in [2.05, 4.69) is 10.6 Å². The van der Waals surface area contributed by atoms with E-state index in [4.69, 9.17) is 4.74 Å². The van der Waals surface area contributed by atoms with Crippen molar-refractivity contribution in [2.45, 2.75) is 47.5 Å². The molecule has 1 aromatic carbocycles. The van der Waals surface area contributed by atoms with E-state index in [-0.39, 0.29) is 17.8 Å². The maximum atomic E-state index is 12.6. The quantitative estimate of drug-likeness (QED) is 0.477. The summed E-state index contributed by atoms with van der Waals surface area (Å²) in [6.45, 7) is 9.76. The van der Waals surface area contributed by atoms with Crippen LogP contribution in [0.1, 0.15) is 66.1 Å². The number of hydrogen-bond donors (Lipinski definition) is 2. The van der Waals surface area contributed by atoms with Gasteiger partial charge in [-0.3, -0.25) is 9.59 Å². The Hall–Kier alpha value is -2.67. The van der Waals surface area contributed by atoms with E-state index in [0.717, 1.165) is 18.4 Å². The number of anilines is 2. The Labute approximate surface area is 175 Å². The zero-order valence-electron chi connectivity index (χ0n) is 17.5. The largest absolute Gasteiger partial charge is 0.462 e. The normalized spacial score (nSPS) is 11.1. The number of ether oxygens (including phenoxy) is 1. The second-order valence-corrected chi connectivity index (χ2v) is 8.90. The number of amides is 2. The van der Waals surface area contributed by atoms with E-state index in [1.807, 2.05) is 34.6 Å². The third-order valence-corrected chi connectivity index (χ3v) is 5.30. The standard InChI is InChI=1S/C22H28N2O4S/c1-6-7-12-28-20(26)15-8-10-16(11-9-15)23-19(25)18-14(2)13-17(29-18)24-21(27)22(3,4)5/h8-11,13H,6-7,12H2,1-5H3,(H,23,25)(H,24,27). The Morgan fingerprint density at radius 3 is 2.31 bits per heavy atom. The Morgan fingerprint density at radius 2 is 1.72 bits per heavy atom. The van der Waals surface area contributed by atoms with Gasteiger partial charge in [0.05, 0.1) is 22.0 Å². The zero-order valence-corrected chi connectivity index (χ0v) is 18.4. The van der Waals surface area contributed by atoms with E-state index in [1.54, 1.807) is 30.3 Å². The fraction of sp³-hybridized carbons (Fsp3) is 0.409. The molecule has 0 aliphatic rings. The number of thiophene rings is 1. The molecule has 2 rings (SSSR count). The van der Waals surface area contributed by atoms with Crippen LogP contribution in [-0.2, 0) is 9.53 Å². The number of unbranched alkanes of at least 4 members (excludes halogenated alkanes) is 1. The molecule has 156 valence electrons. The van der Waals surface area contributed by atoms with E-state index >= 15 is 0 Å². The molecule has 1 aromatic heterocycles. The highest BCUT2D eigenvalue weighted by molar-refractivity contribution is 7.18. The SMILES string of the molecule is CCCCOC(=O)c1ccc(NC(=O)c2sc(NC(=O)C(C)(C)C)cc2C)cc1. The molecule has 0 aliphatic heterocycles. The van der Waals surface area contributed by atoms with Gasteiger partial charge in [0.25, 0.3) is 5.91 Å². The first-order valence-electron chi connectivity index (χ1n) is 9.62. The van der Waals surface area contributed by atoms with Gasteiger partial charge in [-0.2, -0.15) is 0 Å². The Bertz CT molecular complexity index is 879. The number of nitrogens with one attached hydrogen (secondary N) is 2.